The van der Waals surface area contributed by atoms with E-state index < -0.39 is 11.9 Å². The fourth-order valence-corrected chi connectivity index (χ4v) is 3.37. The minimum atomic E-state index is -0.803. The molecule has 0 saturated carbocycles. The minimum Gasteiger partial charge on any atom is -0.481 e. The van der Waals surface area contributed by atoms with Crippen LogP contribution < -0.4 is 5.32 Å². The highest BCUT2D eigenvalue weighted by Gasteiger charge is 2.30. The Labute approximate surface area is 125 Å². The molecule has 0 radical (unpaired) electrons. The molecule has 1 fully saturated rings. The summed E-state index contributed by atoms with van der Waals surface area (Å²) in [5, 5.41) is 12.0. The molecule has 2 N–H and O–H groups in total. The summed E-state index contributed by atoms with van der Waals surface area (Å²) < 4.78 is 0.0810. The molecule has 1 saturated heterocycles. The monoisotopic (exact) mass is 302 g/mol. The molecule has 0 unspecified atom stereocenters. The lowest BCUT2D eigenvalue weighted by Crippen LogP contribution is -2.50. The van der Waals surface area contributed by atoms with E-state index in [1.165, 1.54) is 0 Å². The maximum absolute atomic E-state index is 12.2. The molecule has 5 nitrogen and oxygen atoms in total. The van der Waals surface area contributed by atoms with Crippen LogP contribution in [0, 0.1) is 5.92 Å². The number of rotatable bonds is 6. The minimum absolute atomic E-state index is 0.0810. The molecule has 1 heterocycles. The van der Waals surface area contributed by atoms with E-state index in [-0.39, 0.29) is 10.8 Å². The van der Waals surface area contributed by atoms with Crippen LogP contribution in [0.5, 0.6) is 0 Å². The van der Waals surface area contributed by atoms with E-state index in [1.807, 2.05) is 0 Å². The van der Waals surface area contributed by atoms with Gasteiger partial charge in [0, 0.05) is 24.4 Å². The molecule has 0 aromatic heterocycles. The van der Waals surface area contributed by atoms with Crippen LogP contribution in [-0.4, -0.2) is 52.6 Å². The zero-order valence-corrected chi connectivity index (χ0v) is 13.5. The highest BCUT2D eigenvalue weighted by atomic mass is 32.2. The Hall–Kier alpha value is -0.910. The standard InChI is InChI=1S/C14H26N2O3S/c1-4-14(5-2,20-3)10-15-13(19)16-8-6-7-11(9-16)12(17)18/h11H,4-10H2,1-3H3,(H,15,19)(H,17,18)/t11-/m0/s1. The Kier molecular flexibility index (Phi) is 6.65. The van der Waals surface area contributed by atoms with Crippen molar-refractivity contribution in [2.75, 3.05) is 25.9 Å². The van der Waals surface area contributed by atoms with Crippen molar-refractivity contribution in [3.8, 4) is 0 Å². The predicted octanol–water partition coefficient (Wildman–Crippen LogP) is 2.41. The summed E-state index contributed by atoms with van der Waals surface area (Å²) in [6.45, 7) is 5.88. The Morgan fingerprint density at radius 1 is 1.40 bits per heavy atom. The van der Waals surface area contributed by atoms with Crippen LogP contribution in [0.1, 0.15) is 39.5 Å². The molecule has 0 bridgehead atoms. The van der Waals surface area contributed by atoms with E-state index >= 15 is 0 Å². The summed E-state index contributed by atoms with van der Waals surface area (Å²) in [6.07, 6.45) is 5.50. The number of thioether (sulfide) groups is 1. The van der Waals surface area contributed by atoms with Crippen LogP contribution >= 0.6 is 11.8 Å². The highest BCUT2D eigenvalue weighted by Crippen LogP contribution is 2.29. The molecule has 1 aliphatic rings. The fraction of sp³-hybridized carbons (Fsp3) is 0.857. The number of likely N-dealkylation sites (tertiary alicyclic amines) is 1. The SMILES string of the molecule is CCC(CC)(CNC(=O)N1CCC[C@H](C(=O)O)C1)SC. The Balaban J connectivity index is 2.52. The number of amides is 2. The average molecular weight is 302 g/mol. The number of carboxylic acid groups (broad SMARTS) is 1. The zero-order valence-electron chi connectivity index (χ0n) is 12.6. The highest BCUT2D eigenvalue weighted by molar-refractivity contribution is 8.00. The summed E-state index contributed by atoms with van der Waals surface area (Å²) in [7, 11) is 0. The van der Waals surface area contributed by atoms with Gasteiger partial charge >= 0.3 is 12.0 Å². The number of carboxylic acids is 1. The van der Waals surface area contributed by atoms with Gasteiger partial charge in [-0.25, -0.2) is 4.79 Å². The van der Waals surface area contributed by atoms with Crippen molar-refractivity contribution < 1.29 is 14.7 Å². The Morgan fingerprint density at radius 2 is 2.05 bits per heavy atom. The lowest BCUT2D eigenvalue weighted by Gasteiger charge is -2.34. The van der Waals surface area contributed by atoms with Gasteiger partial charge in [0.2, 0.25) is 0 Å². The molecule has 1 atom stereocenters. The van der Waals surface area contributed by atoms with Crippen molar-refractivity contribution >= 4 is 23.8 Å². The van der Waals surface area contributed by atoms with Crippen molar-refractivity contribution in [1.29, 1.82) is 0 Å². The van der Waals surface area contributed by atoms with E-state index in [0.29, 0.717) is 26.1 Å². The quantitative estimate of drug-likeness (QED) is 0.790. The van der Waals surface area contributed by atoms with Gasteiger partial charge in [-0.15, -0.1) is 0 Å². The van der Waals surface area contributed by atoms with Gasteiger partial charge in [-0.2, -0.15) is 11.8 Å². The lowest BCUT2D eigenvalue weighted by atomic mass is 9.98. The third-order valence-corrected chi connectivity index (χ3v) is 5.93. The fourth-order valence-electron chi connectivity index (χ4n) is 2.57. The molecule has 1 rings (SSSR count). The first kappa shape index (κ1) is 17.1. The van der Waals surface area contributed by atoms with E-state index in [1.54, 1.807) is 16.7 Å². The number of hydrogen-bond acceptors (Lipinski definition) is 3. The van der Waals surface area contributed by atoms with Crippen LogP contribution in [0.4, 0.5) is 4.79 Å². The smallest absolute Gasteiger partial charge is 0.317 e. The molecule has 0 aliphatic carbocycles. The molecular formula is C14H26N2O3S. The zero-order chi connectivity index (χ0) is 15.2. The molecule has 6 heteroatoms. The van der Waals surface area contributed by atoms with Crippen LogP contribution in [0.2, 0.25) is 0 Å². The molecule has 116 valence electrons. The number of hydrogen-bond donors (Lipinski definition) is 2. The number of nitrogens with one attached hydrogen (secondary N) is 1. The normalized spacial score (nSPS) is 19.8. The van der Waals surface area contributed by atoms with Gasteiger partial charge in [0.1, 0.15) is 0 Å². The van der Waals surface area contributed by atoms with Crippen LogP contribution in [0.3, 0.4) is 0 Å². The van der Waals surface area contributed by atoms with Gasteiger partial charge in [0.05, 0.1) is 5.92 Å². The lowest BCUT2D eigenvalue weighted by molar-refractivity contribution is -0.143. The van der Waals surface area contributed by atoms with Gasteiger partial charge in [0.15, 0.2) is 0 Å². The summed E-state index contributed by atoms with van der Waals surface area (Å²) in [4.78, 5) is 24.8. The van der Waals surface area contributed by atoms with Gasteiger partial charge < -0.3 is 15.3 Å². The first-order valence-electron chi connectivity index (χ1n) is 7.28. The van der Waals surface area contributed by atoms with Crippen molar-refractivity contribution in [2.24, 2.45) is 5.92 Å². The topological polar surface area (TPSA) is 69.6 Å². The second-order valence-corrected chi connectivity index (χ2v) is 6.65. The van der Waals surface area contributed by atoms with Crippen LogP contribution in [0.25, 0.3) is 0 Å². The Bertz CT molecular complexity index is 337. The van der Waals surface area contributed by atoms with E-state index in [2.05, 4.69) is 25.4 Å². The molecule has 0 spiro atoms. The number of nitrogens with zero attached hydrogens (tertiary/aromatic N) is 1. The molecule has 0 aromatic rings. The van der Waals surface area contributed by atoms with Gasteiger partial charge in [-0.05, 0) is 31.9 Å². The summed E-state index contributed by atoms with van der Waals surface area (Å²) in [6, 6.07) is -0.128. The molecule has 0 aromatic carbocycles. The second kappa shape index (κ2) is 7.76. The van der Waals surface area contributed by atoms with Gasteiger partial charge in [-0.1, -0.05) is 13.8 Å². The molecule has 2 amide bonds. The van der Waals surface area contributed by atoms with Crippen molar-refractivity contribution in [2.45, 2.75) is 44.3 Å². The van der Waals surface area contributed by atoms with Crippen molar-refractivity contribution in [3.05, 3.63) is 0 Å². The number of piperidine rings is 1. The Morgan fingerprint density at radius 3 is 2.55 bits per heavy atom. The van der Waals surface area contributed by atoms with E-state index in [4.69, 9.17) is 5.11 Å². The average Bonchev–Trinajstić information content (AvgIpc) is 2.49. The molecular weight excluding hydrogens is 276 g/mol. The third kappa shape index (κ3) is 4.30. The van der Waals surface area contributed by atoms with E-state index in [0.717, 1.165) is 19.3 Å². The predicted molar refractivity (Wildman–Crippen MR) is 82.2 cm³/mol. The third-order valence-electron chi connectivity index (χ3n) is 4.34. The van der Waals surface area contributed by atoms with E-state index in [9.17, 15) is 9.59 Å². The maximum Gasteiger partial charge on any atom is 0.317 e. The first-order chi connectivity index (χ1) is 9.48. The first-order valence-corrected chi connectivity index (χ1v) is 8.51. The van der Waals surface area contributed by atoms with Crippen LogP contribution in [0.15, 0.2) is 0 Å². The van der Waals surface area contributed by atoms with Gasteiger partial charge in [0.25, 0.3) is 0 Å². The van der Waals surface area contributed by atoms with Gasteiger partial charge in [-0.3, -0.25) is 4.79 Å². The number of urea groups is 1. The molecule has 1 aliphatic heterocycles. The second-order valence-electron chi connectivity index (χ2n) is 5.38. The number of carbonyl (C=O) groups excluding carboxylic acids is 1. The maximum atomic E-state index is 12.2. The summed E-state index contributed by atoms with van der Waals surface area (Å²) in [5.74, 6) is -1.22. The van der Waals surface area contributed by atoms with Crippen molar-refractivity contribution in [3.63, 3.8) is 0 Å². The summed E-state index contributed by atoms with van der Waals surface area (Å²) >= 11 is 1.78. The molecule has 20 heavy (non-hydrogen) atoms. The number of carbonyl (C=O) groups is 2. The van der Waals surface area contributed by atoms with Crippen molar-refractivity contribution in [1.82, 2.24) is 10.2 Å². The van der Waals surface area contributed by atoms with Crippen LogP contribution in [-0.2, 0) is 4.79 Å². The number of aliphatic carboxylic acids is 1. The largest absolute Gasteiger partial charge is 0.481 e. The summed E-state index contributed by atoms with van der Waals surface area (Å²) in [5.41, 5.74) is 0.